The molecular weight excluding hydrogens is 463 g/mol. The molecule has 0 amide bonds. The summed E-state index contributed by atoms with van der Waals surface area (Å²) in [6, 6.07) is 8.64. The highest BCUT2D eigenvalue weighted by Crippen LogP contribution is 2.16. The smallest absolute Gasteiger partial charge is 0.191 e. The minimum atomic E-state index is 0. The number of aryl methyl sites for hydroxylation is 1. The van der Waals surface area contributed by atoms with Gasteiger partial charge in [0.15, 0.2) is 5.96 Å². The molecule has 0 unspecified atom stereocenters. The highest BCUT2D eigenvalue weighted by Gasteiger charge is 2.19. The fourth-order valence-electron chi connectivity index (χ4n) is 3.30. The van der Waals surface area contributed by atoms with Gasteiger partial charge < -0.3 is 20.3 Å². The Balaban J connectivity index is 0.00000392. The van der Waals surface area contributed by atoms with Gasteiger partial charge in [-0.05, 0) is 50.8 Å². The first-order valence-corrected chi connectivity index (χ1v) is 10.5. The van der Waals surface area contributed by atoms with Crippen LogP contribution >= 0.6 is 24.0 Å². The van der Waals surface area contributed by atoms with Crippen LogP contribution in [0.3, 0.4) is 0 Å². The average Bonchev–Trinajstić information content (AvgIpc) is 2.70. The largest absolute Gasteiger partial charge is 0.383 e. The normalized spacial score (nSPS) is 15.9. The van der Waals surface area contributed by atoms with Crippen molar-refractivity contribution in [2.45, 2.75) is 46.1 Å². The third kappa shape index (κ3) is 10.1. The monoisotopic (exact) mass is 502 g/mol. The predicted molar refractivity (Wildman–Crippen MR) is 130 cm³/mol. The Bertz CT molecular complexity index is 542. The van der Waals surface area contributed by atoms with Gasteiger partial charge in [-0.15, -0.1) is 24.0 Å². The highest BCUT2D eigenvalue weighted by molar-refractivity contribution is 14.0. The van der Waals surface area contributed by atoms with Crippen molar-refractivity contribution >= 4 is 29.9 Å². The number of guanidine groups is 1. The Hall–Kier alpha value is -0.860. The number of nitrogens with one attached hydrogen (secondary N) is 2. The van der Waals surface area contributed by atoms with E-state index in [2.05, 4.69) is 53.6 Å². The Kier molecular flexibility index (Phi) is 13.5. The van der Waals surface area contributed by atoms with E-state index in [4.69, 9.17) is 9.73 Å². The number of unbranched alkanes of at least 4 members (excludes halogenated alkanes) is 1. The van der Waals surface area contributed by atoms with E-state index in [1.165, 1.54) is 49.9 Å². The quantitative estimate of drug-likeness (QED) is 0.221. The zero-order chi connectivity index (χ0) is 19.3. The van der Waals surface area contributed by atoms with Gasteiger partial charge in [-0.25, -0.2) is 4.99 Å². The molecule has 0 radical (unpaired) electrons. The summed E-state index contributed by atoms with van der Waals surface area (Å²) in [6.45, 7) is 11.3. The third-order valence-electron chi connectivity index (χ3n) is 5.24. The number of piperidine rings is 1. The molecule has 0 aliphatic carbocycles. The molecule has 1 aromatic carbocycles. The van der Waals surface area contributed by atoms with Crippen LogP contribution in [0.5, 0.6) is 0 Å². The number of hydrogen-bond acceptors (Lipinski definition) is 3. The Morgan fingerprint density at radius 2 is 1.89 bits per heavy atom. The highest BCUT2D eigenvalue weighted by atomic mass is 127. The standard InChI is InChI=1S/C22H38N4O.HI/c1-4-5-12-23-22(24-17-20-8-6-19(2)7-9-20)25-18-21-10-13-26(14-11-21)15-16-27-3;/h6-9,21H,4-5,10-18H2,1-3H3,(H2,23,24,25);1H. The van der Waals surface area contributed by atoms with Crippen molar-refractivity contribution in [1.29, 1.82) is 0 Å². The number of hydrogen-bond donors (Lipinski definition) is 2. The molecule has 5 nitrogen and oxygen atoms in total. The van der Waals surface area contributed by atoms with Gasteiger partial charge in [0.25, 0.3) is 0 Å². The summed E-state index contributed by atoms with van der Waals surface area (Å²) in [5.41, 5.74) is 2.54. The van der Waals surface area contributed by atoms with Crippen LogP contribution in [0.25, 0.3) is 0 Å². The van der Waals surface area contributed by atoms with E-state index in [0.717, 1.165) is 44.7 Å². The molecule has 0 atom stereocenters. The second-order valence-electron chi connectivity index (χ2n) is 7.59. The van der Waals surface area contributed by atoms with Gasteiger partial charge >= 0.3 is 0 Å². The molecule has 2 N–H and O–H groups in total. The van der Waals surface area contributed by atoms with Crippen molar-refractivity contribution in [3.05, 3.63) is 35.4 Å². The molecule has 1 aliphatic heterocycles. The molecule has 0 aromatic heterocycles. The van der Waals surface area contributed by atoms with Gasteiger partial charge in [0.2, 0.25) is 0 Å². The van der Waals surface area contributed by atoms with E-state index in [9.17, 15) is 0 Å². The van der Waals surface area contributed by atoms with Crippen molar-refractivity contribution in [3.8, 4) is 0 Å². The van der Waals surface area contributed by atoms with Gasteiger partial charge in [0.1, 0.15) is 0 Å². The molecule has 28 heavy (non-hydrogen) atoms. The Morgan fingerprint density at radius 1 is 1.18 bits per heavy atom. The van der Waals surface area contributed by atoms with Crippen LogP contribution in [0.15, 0.2) is 29.3 Å². The number of rotatable bonds is 10. The molecule has 0 spiro atoms. The molecule has 0 bridgehead atoms. The number of likely N-dealkylation sites (tertiary alicyclic amines) is 1. The lowest BCUT2D eigenvalue weighted by molar-refractivity contribution is 0.121. The first kappa shape index (κ1) is 25.2. The average molecular weight is 502 g/mol. The molecule has 1 saturated heterocycles. The molecule has 1 fully saturated rings. The molecule has 6 heteroatoms. The van der Waals surface area contributed by atoms with Gasteiger partial charge in [-0.3, -0.25) is 0 Å². The maximum Gasteiger partial charge on any atom is 0.191 e. The summed E-state index contributed by atoms with van der Waals surface area (Å²) in [5.74, 6) is 1.67. The molecule has 1 aromatic rings. The summed E-state index contributed by atoms with van der Waals surface area (Å²) in [6.07, 6.45) is 4.86. The second-order valence-corrected chi connectivity index (χ2v) is 7.59. The van der Waals surface area contributed by atoms with Crippen molar-refractivity contribution in [2.75, 3.05) is 46.4 Å². The summed E-state index contributed by atoms with van der Waals surface area (Å²) in [4.78, 5) is 7.31. The van der Waals surface area contributed by atoms with Gasteiger partial charge in [-0.1, -0.05) is 43.2 Å². The fraction of sp³-hybridized carbons (Fsp3) is 0.682. The van der Waals surface area contributed by atoms with E-state index in [-0.39, 0.29) is 24.0 Å². The minimum absolute atomic E-state index is 0. The second kappa shape index (κ2) is 15.0. The maximum absolute atomic E-state index is 5.19. The van der Waals surface area contributed by atoms with E-state index in [1.807, 2.05) is 0 Å². The van der Waals surface area contributed by atoms with Crippen LogP contribution in [0, 0.1) is 12.8 Å². The molecule has 1 aliphatic rings. The van der Waals surface area contributed by atoms with E-state index < -0.39 is 0 Å². The van der Waals surface area contributed by atoms with Crippen LogP contribution in [0.4, 0.5) is 0 Å². The Labute approximate surface area is 188 Å². The Morgan fingerprint density at radius 3 is 2.54 bits per heavy atom. The summed E-state index contributed by atoms with van der Waals surface area (Å²) in [7, 11) is 1.78. The van der Waals surface area contributed by atoms with Gasteiger partial charge in [0, 0.05) is 26.7 Å². The van der Waals surface area contributed by atoms with Gasteiger partial charge in [-0.2, -0.15) is 0 Å². The number of halogens is 1. The molecule has 0 saturated carbocycles. The lowest BCUT2D eigenvalue weighted by Gasteiger charge is -2.32. The number of aliphatic imine (C=N–C) groups is 1. The van der Waals surface area contributed by atoms with Gasteiger partial charge in [0.05, 0.1) is 13.2 Å². The summed E-state index contributed by atoms with van der Waals surface area (Å²) >= 11 is 0. The molecule has 1 heterocycles. The first-order chi connectivity index (χ1) is 13.2. The first-order valence-electron chi connectivity index (χ1n) is 10.5. The predicted octanol–water partition coefficient (Wildman–Crippen LogP) is 3.81. The SMILES string of the molecule is CCCCNC(=NCc1ccc(C)cc1)NCC1CCN(CCOC)CC1.I. The summed E-state index contributed by atoms with van der Waals surface area (Å²) < 4.78 is 5.19. The molecule has 160 valence electrons. The topological polar surface area (TPSA) is 48.9 Å². The van der Waals surface area contributed by atoms with Crippen molar-refractivity contribution in [3.63, 3.8) is 0 Å². The lowest BCUT2D eigenvalue weighted by atomic mass is 9.97. The van der Waals surface area contributed by atoms with E-state index in [1.54, 1.807) is 7.11 Å². The lowest BCUT2D eigenvalue weighted by Crippen LogP contribution is -2.43. The van der Waals surface area contributed by atoms with Crippen molar-refractivity contribution in [1.82, 2.24) is 15.5 Å². The van der Waals surface area contributed by atoms with E-state index in [0.29, 0.717) is 0 Å². The number of ether oxygens (including phenoxy) is 1. The minimum Gasteiger partial charge on any atom is -0.383 e. The van der Waals surface area contributed by atoms with Crippen LogP contribution in [-0.4, -0.2) is 57.3 Å². The van der Waals surface area contributed by atoms with Crippen LogP contribution < -0.4 is 10.6 Å². The van der Waals surface area contributed by atoms with Crippen LogP contribution in [0.1, 0.15) is 43.7 Å². The van der Waals surface area contributed by atoms with Crippen LogP contribution in [-0.2, 0) is 11.3 Å². The molecular formula is C22H39IN4O. The zero-order valence-corrected chi connectivity index (χ0v) is 20.2. The molecule has 2 rings (SSSR count). The van der Waals surface area contributed by atoms with E-state index >= 15 is 0 Å². The maximum atomic E-state index is 5.19. The number of benzene rings is 1. The van der Waals surface area contributed by atoms with Crippen molar-refractivity contribution in [2.24, 2.45) is 10.9 Å². The third-order valence-corrected chi connectivity index (χ3v) is 5.24. The number of nitrogens with zero attached hydrogens (tertiary/aromatic N) is 2. The number of methoxy groups -OCH3 is 1. The van der Waals surface area contributed by atoms with Crippen molar-refractivity contribution < 1.29 is 4.74 Å². The zero-order valence-electron chi connectivity index (χ0n) is 17.9. The summed E-state index contributed by atoms with van der Waals surface area (Å²) in [5, 5.41) is 7.07. The van der Waals surface area contributed by atoms with Crippen LogP contribution in [0.2, 0.25) is 0 Å². The fourth-order valence-corrected chi connectivity index (χ4v) is 3.30.